The van der Waals surface area contributed by atoms with E-state index in [1.165, 1.54) is 22.3 Å². The van der Waals surface area contributed by atoms with Crippen molar-refractivity contribution in [3.63, 3.8) is 0 Å². The zero-order valence-corrected chi connectivity index (χ0v) is 53.9. The van der Waals surface area contributed by atoms with E-state index in [0.29, 0.717) is 24.0 Å². The maximum atomic E-state index is 12.8. The topological polar surface area (TPSA) is 160 Å². The van der Waals surface area contributed by atoms with Gasteiger partial charge in [0.25, 0.3) is 0 Å². The molecule has 0 atom stereocenters. The lowest BCUT2D eigenvalue weighted by Gasteiger charge is -2.28. The van der Waals surface area contributed by atoms with Crippen molar-refractivity contribution in [3.8, 4) is 67.6 Å². The van der Waals surface area contributed by atoms with Crippen molar-refractivity contribution >= 4 is 66.0 Å². The Labute approximate surface area is 523 Å². The average molecular weight is 1390 g/mol. The minimum absolute atomic E-state index is 0.0257. The molecule has 0 amide bonds. The fraction of sp³-hybridized carbons (Fsp3) is 0.239. The summed E-state index contributed by atoms with van der Waals surface area (Å²) >= 11 is 10.3. The third-order valence-corrected chi connectivity index (χ3v) is 19.7. The van der Waals surface area contributed by atoms with E-state index in [4.69, 9.17) is 13.3 Å². The molecule has 9 aromatic rings. The van der Waals surface area contributed by atoms with Gasteiger partial charge in [-0.15, -0.1) is 10.2 Å². The maximum Gasteiger partial charge on any atom is 0.534 e. The molecule has 12 rings (SSSR count). The lowest BCUT2D eigenvalue weighted by molar-refractivity contribution is -0.0524. The van der Waals surface area contributed by atoms with Gasteiger partial charge in [-0.05, 0) is 158 Å². The van der Waals surface area contributed by atoms with E-state index in [0.717, 1.165) is 121 Å². The molecule has 0 saturated heterocycles. The molecule has 0 bridgehead atoms. The van der Waals surface area contributed by atoms with E-state index in [-0.39, 0.29) is 35.0 Å². The molecular weight excluding hydrogens is 1330 g/mol. The molecule has 0 N–H and O–H groups in total. The summed E-state index contributed by atoms with van der Waals surface area (Å²) in [6.07, 6.45) is 10.8. The quantitative estimate of drug-likeness (QED) is 0.0769. The number of aromatic nitrogens is 2. The zero-order chi connectivity index (χ0) is 61.2. The molecular formula is C67H60Br3F3N2O9SSi. The van der Waals surface area contributed by atoms with Gasteiger partial charge in [-0.2, -0.15) is 21.6 Å². The molecule has 11 nitrogen and oxygen atoms in total. The van der Waals surface area contributed by atoms with Crippen molar-refractivity contribution < 1.29 is 39.0 Å². The van der Waals surface area contributed by atoms with Gasteiger partial charge in [0.2, 0.25) is 5.89 Å². The first-order valence-electron chi connectivity index (χ1n) is 28.1. The second-order valence-corrected chi connectivity index (χ2v) is 31.1. The Morgan fingerprint density at radius 3 is 1.21 bits per heavy atom. The summed E-state index contributed by atoms with van der Waals surface area (Å²) in [5.74, 6) is 1.71. The molecule has 19 heteroatoms. The van der Waals surface area contributed by atoms with Crippen LogP contribution in [0.25, 0.3) is 67.6 Å². The lowest BCUT2D eigenvalue weighted by Crippen LogP contribution is -2.31. The van der Waals surface area contributed by atoms with Gasteiger partial charge in [-0.25, -0.2) is 14.4 Å². The van der Waals surface area contributed by atoms with Crippen LogP contribution >= 0.6 is 47.8 Å². The van der Waals surface area contributed by atoms with Crippen molar-refractivity contribution in [2.24, 2.45) is 0 Å². The number of hydrogen-bond acceptors (Lipinski definition) is 11. The number of hydrogen-bond donors (Lipinski definition) is 0. The standard InChI is InChI=1S/2C21H17BrO2.C15H9BrN2O2.C10H17F3O3SSi/c2*22-16-12-10-15(11-13-16)20-18-9-5-4-8-17(18)19(21(23)24-20)14-6-2-1-3-7-14;16-12-8-6-11(7-9-12)14-18-17-13(15(19)20-14)10-4-2-1-3-5-10;1-18(2,3)9-7-5-4-6-8(9)16-17(14,15)10(11,12)13/h2*1-3,6-7,10-13H,4-5,8-9H2;1-9H;4-7H2,1-3H3. The van der Waals surface area contributed by atoms with Crippen LogP contribution in [0.15, 0.2) is 216 Å². The van der Waals surface area contributed by atoms with E-state index in [9.17, 15) is 36.0 Å². The number of nitrogens with zero attached hydrogens (tertiary/aromatic N) is 2. The van der Waals surface area contributed by atoms with E-state index >= 15 is 0 Å². The summed E-state index contributed by atoms with van der Waals surface area (Å²) < 4.78 is 83.1. The Bertz CT molecular complexity index is 4000. The van der Waals surface area contributed by atoms with Crippen LogP contribution in [0, 0.1) is 0 Å². The van der Waals surface area contributed by atoms with Crippen molar-refractivity contribution in [2.75, 3.05) is 0 Å². The van der Waals surface area contributed by atoms with Crippen LogP contribution in [0.5, 0.6) is 0 Å². The number of benzene rings is 6. The second kappa shape index (κ2) is 28.2. The van der Waals surface area contributed by atoms with Gasteiger partial charge in [0.1, 0.15) is 17.3 Å². The molecule has 3 heterocycles. The highest BCUT2D eigenvalue weighted by molar-refractivity contribution is 9.11. The van der Waals surface area contributed by atoms with E-state index in [1.807, 2.05) is 159 Å². The first kappa shape index (κ1) is 63.5. The van der Waals surface area contributed by atoms with Crippen LogP contribution in [0.3, 0.4) is 0 Å². The molecule has 444 valence electrons. The molecule has 0 radical (unpaired) electrons. The fourth-order valence-corrected chi connectivity index (χ4v) is 14.0. The van der Waals surface area contributed by atoms with Gasteiger partial charge in [0.15, 0.2) is 5.69 Å². The molecule has 0 aliphatic heterocycles. The predicted molar refractivity (Wildman–Crippen MR) is 344 cm³/mol. The Hall–Kier alpha value is -7.03. The summed E-state index contributed by atoms with van der Waals surface area (Å²) in [5, 5.41) is 8.76. The number of fused-ring (bicyclic) bond motifs is 2. The molecule has 3 aliphatic rings. The Morgan fingerprint density at radius 2 is 0.814 bits per heavy atom. The van der Waals surface area contributed by atoms with Crippen LogP contribution in [-0.4, -0.2) is 32.2 Å². The molecule has 0 fully saturated rings. The lowest BCUT2D eigenvalue weighted by atomic mass is 9.85. The third kappa shape index (κ3) is 15.6. The second-order valence-electron chi connectivity index (χ2n) is 21.7. The normalized spacial score (nSPS) is 14.0. The van der Waals surface area contributed by atoms with E-state index in [1.54, 1.807) is 24.3 Å². The summed E-state index contributed by atoms with van der Waals surface area (Å²) in [4.78, 5) is 37.6. The molecule has 3 aliphatic carbocycles. The molecule has 0 spiro atoms. The maximum absolute atomic E-state index is 12.8. The van der Waals surface area contributed by atoms with Gasteiger partial charge >= 0.3 is 32.5 Å². The minimum atomic E-state index is -5.53. The zero-order valence-electron chi connectivity index (χ0n) is 47.3. The summed E-state index contributed by atoms with van der Waals surface area (Å²) in [7, 11) is -7.38. The highest BCUT2D eigenvalue weighted by Gasteiger charge is 2.49. The molecule has 3 aromatic heterocycles. The molecule has 0 saturated carbocycles. The highest BCUT2D eigenvalue weighted by Crippen LogP contribution is 2.39. The SMILES string of the molecule is C[Si](C)(C)C1=C(OS(=O)(=O)C(F)(F)F)CCCC1.O=c1oc(-c2ccc(Br)cc2)c2c(c1-c1ccccc1)CCCC2.O=c1oc(-c2ccc(Br)cc2)c2c(c1-c1ccccc1)CCCC2.O=c1oc(-c2ccc(Br)cc2)nnc1-c1ccccc1. The minimum Gasteiger partial charge on any atom is -0.422 e. The Balaban J connectivity index is 0.000000138. The third-order valence-electron chi connectivity index (χ3n) is 14.8. The summed E-state index contributed by atoms with van der Waals surface area (Å²) in [6.45, 7) is 5.91. The number of halogens is 6. The van der Waals surface area contributed by atoms with Crippen LogP contribution in [0.1, 0.15) is 73.6 Å². The van der Waals surface area contributed by atoms with E-state index in [2.05, 4.69) is 62.2 Å². The summed E-state index contributed by atoms with van der Waals surface area (Å²) in [5.41, 5.74) is 5.33. The van der Waals surface area contributed by atoms with Crippen LogP contribution in [-0.2, 0) is 40.0 Å². The number of alkyl halides is 3. The van der Waals surface area contributed by atoms with Crippen molar-refractivity contribution in [2.45, 2.75) is 102 Å². The largest absolute Gasteiger partial charge is 0.534 e. The first-order valence-corrected chi connectivity index (χ1v) is 35.4. The first-order chi connectivity index (χ1) is 41.2. The number of rotatable bonds is 9. The van der Waals surface area contributed by atoms with Gasteiger partial charge in [0, 0.05) is 42.1 Å². The van der Waals surface area contributed by atoms with Gasteiger partial charge < -0.3 is 17.4 Å². The predicted octanol–water partition coefficient (Wildman–Crippen LogP) is 18.3. The molecule has 86 heavy (non-hydrogen) atoms. The van der Waals surface area contributed by atoms with Crippen LogP contribution in [0.4, 0.5) is 13.2 Å². The van der Waals surface area contributed by atoms with Crippen LogP contribution in [0.2, 0.25) is 19.6 Å². The van der Waals surface area contributed by atoms with Crippen molar-refractivity contribution in [1.82, 2.24) is 10.2 Å². The van der Waals surface area contributed by atoms with Crippen molar-refractivity contribution in [3.05, 3.63) is 242 Å². The van der Waals surface area contributed by atoms with E-state index < -0.39 is 29.3 Å². The average Bonchev–Trinajstić information content (AvgIpc) is 1.13. The molecule has 0 unspecified atom stereocenters. The van der Waals surface area contributed by atoms with Crippen LogP contribution < -0.4 is 16.9 Å². The fourth-order valence-electron chi connectivity index (χ4n) is 10.7. The Kier molecular flexibility index (Phi) is 20.8. The smallest absolute Gasteiger partial charge is 0.422 e. The van der Waals surface area contributed by atoms with Gasteiger partial charge in [0.05, 0.1) is 19.2 Å². The monoisotopic (exact) mass is 1390 g/mol. The van der Waals surface area contributed by atoms with Crippen molar-refractivity contribution in [1.29, 1.82) is 0 Å². The van der Waals surface area contributed by atoms with Gasteiger partial charge in [-0.3, -0.25) is 0 Å². The summed E-state index contributed by atoms with van der Waals surface area (Å²) in [6, 6.07) is 52.1. The van der Waals surface area contributed by atoms with Gasteiger partial charge in [-0.1, -0.05) is 183 Å². The highest BCUT2D eigenvalue weighted by atomic mass is 79.9. The molecule has 6 aromatic carbocycles. The number of allylic oxidation sites excluding steroid dienone is 2. The Morgan fingerprint density at radius 1 is 0.442 bits per heavy atom.